The van der Waals surface area contributed by atoms with Gasteiger partial charge in [0.25, 0.3) is 10.0 Å². The first-order valence-electron chi connectivity index (χ1n) is 14.3. The summed E-state index contributed by atoms with van der Waals surface area (Å²) >= 11 is 25.4. The van der Waals surface area contributed by atoms with Crippen LogP contribution in [0.3, 0.4) is 0 Å². The molecule has 4 aromatic carbocycles. The number of anilines is 1. The maximum Gasteiger partial charge on any atom is 0.264 e. The minimum atomic E-state index is -4.32. The maximum absolute atomic E-state index is 14.6. The molecule has 0 saturated heterocycles. The van der Waals surface area contributed by atoms with Gasteiger partial charge in [0.2, 0.25) is 11.8 Å². The number of carbonyl (C=O) groups excluding carboxylic acids is 2. The normalized spacial score (nSPS) is 12.3. The van der Waals surface area contributed by atoms with Gasteiger partial charge in [0.15, 0.2) is 0 Å². The lowest BCUT2D eigenvalue weighted by Crippen LogP contribution is -2.56. The summed E-state index contributed by atoms with van der Waals surface area (Å²) in [4.78, 5) is 29.8. The molecule has 0 fully saturated rings. The number of nitrogens with one attached hydrogen (secondary N) is 1. The fourth-order valence-electron chi connectivity index (χ4n) is 4.76. The van der Waals surface area contributed by atoms with E-state index in [0.717, 1.165) is 9.87 Å². The van der Waals surface area contributed by atoms with Gasteiger partial charge in [0.1, 0.15) is 12.6 Å². The summed E-state index contributed by atoms with van der Waals surface area (Å²) in [5.41, 5.74) is 0.735. The van der Waals surface area contributed by atoms with Crippen LogP contribution in [0.4, 0.5) is 5.69 Å². The van der Waals surface area contributed by atoms with E-state index in [2.05, 4.69) is 5.32 Å². The second kappa shape index (κ2) is 15.1. The van der Waals surface area contributed by atoms with Crippen molar-refractivity contribution in [1.29, 1.82) is 0 Å². The van der Waals surface area contributed by atoms with E-state index in [9.17, 15) is 18.0 Å². The molecule has 0 aliphatic heterocycles. The van der Waals surface area contributed by atoms with Crippen LogP contribution in [0.25, 0.3) is 0 Å². The maximum atomic E-state index is 14.6. The highest BCUT2D eigenvalue weighted by Crippen LogP contribution is 2.33. The van der Waals surface area contributed by atoms with E-state index in [4.69, 9.17) is 46.4 Å². The highest BCUT2D eigenvalue weighted by atomic mass is 35.5. The molecule has 0 aliphatic rings. The molecule has 2 amide bonds. The van der Waals surface area contributed by atoms with Crippen molar-refractivity contribution in [2.24, 2.45) is 0 Å². The lowest BCUT2D eigenvalue weighted by atomic mass is 10.0. The number of benzene rings is 4. The quantitative estimate of drug-likeness (QED) is 0.170. The lowest BCUT2D eigenvalue weighted by molar-refractivity contribution is -0.140. The van der Waals surface area contributed by atoms with E-state index in [1.54, 1.807) is 36.4 Å². The lowest BCUT2D eigenvalue weighted by Gasteiger charge is -2.35. The smallest absolute Gasteiger partial charge is 0.264 e. The van der Waals surface area contributed by atoms with Crippen LogP contribution in [0, 0.1) is 0 Å². The van der Waals surface area contributed by atoms with E-state index in [1.807, 2.05) is 51.1 Å². The van der Waals surface area contributed by atoms with Crippen molar-refractivity contribution in [3.05, 3.63) is 128 Å². The third-order valence-corrected chi connectivity index (χ3v) is 9.81. The predicted octanol–water partition coefficient (Wildman–Crippen LogP) is 8.05. The highest BCUT2D eigenvalue weighted by molar-refractivity contribution is 7.92. The van der Waals surface area contributed by atoms with Crippen LogP contribution >= 0.6 is 46.4 Å². The van der Waals surface area contributed by atoms with Gasteiger partial charge in [0, 0.05) is 33.6 Å². The Hall–Kier alpha value is -3.27. The molecule has 1 N–H and O–H groups in total. The predicted molar refractivity (Wildman–Crippen MR) is 186 cm³/mol. The number of sulfonamides is 1. The Morgan fingerprint density at radius 1 is 0.783 bits per heavy atom. The molecule has 1 unspecified atom stereocenters. The zero-order valence-electron chi connectivity index (χ0n) is 25.4. The molecule has 4 aromatic rings. The Balaban J connectivity index is 1.86. The second-order valence-electron chi connectivity index (χ2n) is 11.6. The largest absolute Gasteiger partial charge is 0.350 e. The molecule has 0 saturated carbocycles. The molecule has 46 heavy (non-hydrogen) atoms. The topological polar surface area (TPSA) is 86.8 Å². The summed E-state index contributed by atoms with van der Waals surface area (Å²) in [6.45, 7) is 4.71. The van der Waals surface area contributed by atoms with Crippen molar-refractivity contribution < 1.29 is 18.0 Å². The zero-order chi connectivity index (χ0) is 33.6. The van der Waals surface area contributed by atoms with E-state index in [0.29, 0.717) is 10.6 Å². The molecule has 0 aliphatic carbocycles. The van der Waals surface area contributed by atoms with Crippen LogP contribution in [0.5, 0.6) is 0 Å². The number of hydrogen-bond donors (Lipinski definition) is 1. The van der Waals surface area contributed by atoms with Gasteiger partial charge in [-0.3, -0.25) is 13.9 Å². The van der Waals surface area contributed by atoms with Gasteiger partial charge in [-0.1, -0.05) is 101 Å². The second-order valence-corrected chi connectivity index (χ2v) is 15.2. The van der Waals surface area contributed by atoms with Crippen molar-refractivity contribution in [2.75, 3.05) is 10.8 Å². The molecule has 0 bridgehead atoms. The van der Waals surface area contributed by atoms with E-state index >= 15 is 0 Å². The van der Waals surface area contributed by atoms with Crippen molar-refractivity contribution in [3.63, 3.8) is 0 Å². The number of rotatable bonds is 11. The minimum Gasteiger partial charge on any atom is -0.350 e. The van der Waals surface area contributed by atoms with Crippen LogP contribution in [0.2, 0.25) is 20.1 Å². The fraction of sp³-hybridized carbons (Fsp3) is 0.235. The molecule has 4 rings (SSSR count). The molecule has 242 valence electrons. The van der Waals surface area contributed by atoms with Gasteiger partial charge in [-0.2, -0.15) is 0 Å². The van der Waals surface area contributed by atoms with Crippen molar-refractivity contribution in [1.82, 2.24) is 10.2 Å². The van der Waals surface area contributed by atoms with Gasteiger partial charge in [-0.25, -0.2) is 8.42 Å². The average Bonchev–Trinajstić information content (AvgIpc) is 2.99. The average molecular weight is 722 g/mol. The monoisotopic (exact) mass is 719 g/mol. The van der Waals surface area contributed by atoms with Crippen molar-refractivity contribution in [2.45, 2.75) is 50.2 Å². The van der Waals surface area contributed by atoms with Crippen LogP contribution in [-0.4, -0.2) is 43.3 Å². The molecule has 1 atom stereocenters. The third-order valence-electron chi connectivity index (χ3n) is 6.91. The van der Waals surface area contributed by atoms with Crippen LogP contribution in [0.1, 0.15) is 31.9 Å². The fourth-order valence-corrected chi connectivity index (χ4v) is 7.24. The summed E-state index contributed by atoms with van der Waals surface area (Å²) in [5.74, 6) is -1.08. The molecule has 0 heterocycles. The molecule has 0 radical (unpaired) electrons. The molecule has 0 spiro atoms. The van der Waals surface area contributed by atoms with E-state index in [1.165, 1.54) is 35.2 Å². The van der Waals surface area contributed by atoms with Crippen LogP contribution in [-0.2, 0) is 32.6 Å². The van der Waals surface area contributed by atoms with Gasteiger partial charge in [0.05, 0.1) is 15.6 Å². The summed E-state index contributed by atoms with van der Waals surface area (Å²) in [5, 5.41) is 3.99. The number of hydrogen-bond acceptors (Lipinski definition) is 4. The van der Waals surface area contributed by atoms with Gasteiger partial charge < -0.3 is 10.2 Å². The van der Waals surface area contributed by atoms with Crippen molar-refractivity contribution >= 4 is 73.9 Å². The van der Waals surface area contributed by atoms with Gasteiger partial charge >= 0.3 is 0 Å². The molecule has 12 heteroatoms. The van der Waals surface area contributed by atoms with Crippen LogP contribution < -0.4 is 9.62 Å². The third kappa shape index (κ3) is 9.17. The molecular weight excluding hydrogens is 688 g/mol. The van der Waals surface area contributed by atoms with Gasteiger partial charge in [-0.05, 0) is 74.4 Å². The SMILES string of the molecule is CC(C)(C)NC(=O)C(Cc1ccccc1)N(Cc1ccc(Cl)cc1Cl)C(=O)CN(c1ccc(Cl)cc1Cl)S(=O)(=O)c1ccccc1. The highest BCUT2D eigenvalue weighted by Gasteiger charge is 2.36. The number of amides is 2. The molecule has 7 nitrogen and oxygen atoms in total. The Morgan fingerprint density at radius 2 is 1.35 bits per heavy atom. The first-order valence-corrected chi connectivity index (χ1v) is 17.2. The van der Waals surface area contributed by atoms with Crippen LogP contribution in [0.15, 0.2) is 102 Å². The van der Waals surface area contributed by atoms with Crippen molar-refractivity contribution in [3.8, 4) is 0 Å². The summed E-state index contributed by atoms with van der Waals surface area (Å²) in [7, 11) is -4.32. The Labute approximate surface area is 290 Å². The first-order chi connectivity index (χ1) is 21.7. The summed E-state index contributed by atoms with van der Waals surface area (Å²) in [6.07, 6.45) is 0.146. The first kappa shape index (κ1) is 35.6. The molecule has 0 aromatic heterocycles. The number of carbonyl (C=O) groups is 2. The Kier molecular flexibility index (Phi) is 11.7. The zero-order valence-corrected chi connectivity index (χ0v) is 29.2. The summed E-state index contributed by atoms with van der Waals surface area (Å²) in [6, 6.07) is 25.1. The standard InChI is InChI=1S/C34H33Cl4N3O4S/c1-34(2,3)39-33(43)31(18-23-10-6-4-7-11-23)40(21-24-14-15-25(35)19-28(24)37)32(42)22-41(30-17-16-26(36)20-29(30)38)46(44,45)27-12-8-5-9-13-27/h4-17,19-20,31H,18,21-22H2,1-3H3,(H,39,43). The number of halogens is 4. The Bertz CT molecular complexity index is 1800. The van der Waals surface area contributed by atoms with E-state index < -0.39 is 40.0 Å². The Morgan fingerprint density at radius 3 is 1.91 bits per heavy atom. The number of nitrogens with zero attached hydrogens (tertiary/aromatic N) is 2. The van der Waals surface area contributed by atoms with Gasteiger partial charge in [-0.15, -0.1) is 0 Å². The molecular formula is C34H33Cl4N3O4S. The van der Waals surface area contributed by atoms with E-state index in [-0.39, 0.29) is 38.6 Å². The summed E-state index contributed by atoms with van der Waals surface area (Å²) < 4.78 is 29.1. The minimum absolute atomic E-state index is 0.0263.